The van der Waals surface area contributed by atoms with Crippen molar-refractivity contribution in [2.45, 2.75) is 6.42 Å². The van der Waals surface area contributed by atoms with Crippen molar-refractivity contribution in [1.29, 1.82) is 0 Å². The third-order valence-electron chi connectivity index (χ3n) is 2.93. The van der Waals surface area contributed by atoms with Crippen molar-refractivity contribution >= 4 is 5.52 Å². The number of rotatable bonds is 2. The summed E-state index contributed by atoms with van der Waals surface area (Å²) in [6.07, 6.45) is 4.69. The fourth-order valence-corrected chi connectivity index (χ4v) is 1.95. The molecule has 0 aromatic carbocycles. The van der Waals surface area contributed by atoms with Crippen molar-refractivity contribution < 1.29 is 5.11 Å². The van der Waals surface area contributed by atoms with E-state index in [0.29, 0.717) is 11.7 Å². The Morgan fingerprint density at radius 2 is 2.40 bits per heavy atom. The predicted octanol–water partition coefficient (Wildman–Crippen LogP) is 0.802. The Morgan fingerprint density at radius 3 is 3.13 bits per heavy atom. The molecule has 0 amide bonds. The van der Waals surface area contributed by atoms with E-state index in [0.717, 1.165) is 30.9 Å². The Bertz CT molecular complexity index is 488. The van der Waals surface area contributed by atoms with Crippen LogP contribution in [-0.4, -0.2) is 27.6 Å². The summed E-state index contributed by atoms with van der Waals surface area (Å²) in [4.78, 5) is 4.38. The minimum absolute atomic E-state index is 0.291. The van der Waals surface area contributed by atoms with Crippen LogP contribution in [-0.2, 0) is 6.42 Å². The molecule has 1 aliphatic heterocycles. The Morgan fingerprint density at radius 1 is 1.53 bits per heavy atom. The van der Waals surface area contributed by atoms with Crippen molar-refractivity contribution in [3.63, 3.8) is 0 Å². The maximum atomic E-state index is 9.33. The van der Waals surface area contributed by atoms with Gasteiger partial charge in [-0.05, 0) is 25.1 Å². The first-order valence-electron chi connectivity index (χ1n) is 5.18. The van der Waals surface area contributed by atoms with E-state index >= 15 is 0 Å². The molecule has 0 unspecified atom stereocenters. The highest BCUT2D eigenvalue weighted by molar-refractivity contribution is 5.50. The van der Waals surface area contributed by atoms with Crippen LogP contribution in [0.1, 0.15) is 5.82 Å². The quantitative estimate of drug-likeness (QED) is 0.759. The number of hydrogen-bond acceptors (Lipinski definition) is 3. The molecular formula is C11H13N3O. The lowest BCUT2D eigenvalue weighted by molar-refractivity contribution is 0.340. The number of aromatic nitrogens is 2. The summed E-state index contributed by atoms with van der Waals surface area (Å²) < 4.78 is 2.04. The van der Waals surface area contributed by atoms with Gasteiger partial charge in [-0.15, -0.1) is 0 Å². The molecule has 0 saturated carbocycles. The molecule has 0 radical (unpaired) electrons. The molecule has 1 saturated heterocycles. The minimum Gasteiger partial charge on any atom is -0.508 e. The van der Waals surface area contributed by atoms with Crippen molar-refractivity contribution in [3.8, 4) is 5.75 Å². The van der Waals surface area contributed by atoms with E-state index in [2.05, 4.69) is 10.3 Å². The summed E-state index contributed by atoms with van der Waals surface area (Å²) in [5.41, 5.74) is 0.956. The topological polar surface area (TPSA) is 49.6 Å². The second-order valence-corrected chi connectivity index (χ2v) is 4.08. The van der Waals surface area contributed by atoms with Crippen LogP contribution in [0, 0.1) is 5.92 Å². The number of nitrogens with one attached hydrogen (secondary N) is 1. The van der Waals surface area contributed by atoms with Crippen molar-refractivity contribution in [2.24, 2.45) is 5.92 Å². The van der Waals surface area contributed by atoms with Gasteiger partial charge in [0, 0.05) is 18.7 Å². The number of hydrogen-bond donors (Lipinski definition) is 2. The lowest BCUT2D eigenvalue weighted by atomic mass is 9.99. The molecular weight excluding hydrogens is 190 g/mol. The summed E-state index contributed by atoms with van der Waals surface area (Å²) in [7, 11) is 0. The van der Waals surface area contributed by atoms with E-state index in [1.54, 1.807) is 18.3 Å². The molecule has 2 aromatic rings. The smallest absolute Gasteiger partial charge is 0.119 e. The Kier molecular flexibility index (Phi) is 1.89. The Labute approximate surface area is 87.6 Å². The number of pyridine rings is 1. The third kappa shape index (κ3) is 1.47. The van der Waals surface area contributed by atoms with Crippen LogP contribution in [0.5, 0.6) is 5.75 Å². The van der Waals surface area contributed by atoms with Crippen LogP contribution in [0.2, 0.25) is 0 Å². The number of fused-ring (bicyclic) bond motifs is 1. The highest BCUT2D eigenvalue weighted by atomic mass is 16.3. The Balaban J connectivity index is 1.96. The lowest BCUT2D eigenvalue weighted by Gasteiger charge is -2.26. The average Bonchev–Trinajstić information content (AvgIpc) is 2.54. The summed E-state index contributed by atoms with van der Waals surface area (Å²) in [6, 6.07) is 3.42. The number of imidazole rings is 1. The first-order valence-corrected chi connectivity index (χ1v) is 5.18. The highest BCUT2D eigenvalue weighted by Crippen LogP contribution is 2.17. The van der Waals surface area contributed by atoms with Crippen LogP contribution in [0.4, 0.5) is 0 Å². The van der Waals surface area contributed by atoms with Gasteiger partial charge in [-0.2, -0.15) is 0 Å². The molecule has 1 aliphatic rings. The highest BCUT2D eigenvalue weighted by Gasteiger charge is 2.19. The van der Waals surface area contributed by atoms with Gasteiger partial charge in [-0.25, -0.2) is 4.98 Å². The van der Waals surface area contributed by atoms with Gasteiger partial charge in [-0.1, -0.05) is 0 Å². The van der Waals surface area contributed by atoms with E-state index in [9.17, 15) is 5.11 Å². The molecule has 0 aliphatic carbocycles. The van der Waals surface area contributed by atoms with Crippen LogP contribution >= 0.6 is 0 Å². The predicted molar refractivity (Wildman–Crippen MR) is 56.9 cm³/mol. The molecule has 4 heteroatoms. The molecule has 0 atom stereocenters. The molecule has 2 N–H and O–H groups in total. The zero-order valence-corrected chi connectivity index (χ0v) is 8.35. The van der Waals surface area contributed by atoms with E-state index in [4.69, 9.17) is 0 Å². The zero-order valence-electron chi connectivity index (χ0n) is 8.35. The first kappa shape index (κ1) is 8.73. The van der Waals surface area contributed by atoms with Gasteiger partial charge < -0.3 is 14.8 Å². The average molecular weight is 203 g/mol. The molecule has 0 spiro atoms. The third-order valence-corrected chi connectivity index (χ3v) is 2.93. The van der Waals surface area contributed by atoms with Gasteiger partial charge in [0.1, 0.15) is 11.6 Å². The van der Waals surface area contributed by atoms with Gasteiger partial charge in [0.2, 0.25) is 0 Å². The number of aromatic hydroxyl groups is 1. The largest absolute Gasteiger partial charge is 0.508 e. The molecule has 78 valence electrons. The maximum Gasteiger partial charge on any atom is 0.119 e. The fraction of sp³-hybridized carbons (Fsp3) is 0.364. The normalized spacial score (nSPS) is 16.8. The summed E-state index contributed by atoms with van der Waals surface area (Å²) >= 11 is 0. The Hall–Kier alpha value is -1.55. The van der Waals surface area contributed by atoms with Gasteiger partial charge in [0.25, 0.3) is 0 Å². The summed E-state index contributed by atoms with van der Waals surface area (Å²) in [6.45, 7) is 2.18. The van der Waals surface area contributed by atoms with Gasteiger partial charge in [0.05, 0.1) is 11.7 Å². The molecule has 1 fully saturated rings. The van der Waals surface area contributed by atoms with Crippen molar-refractivity contribution in [1.82, 2.24) is 14.7 Å². The molecule has 0 bridgehead atoms. The summed E-state index contributed by atoms with van der Waals surface area (Å²) in [5.74, 6) is 2.08. The van der Waals surface area contributed by atoms with Crippen LogP contribution in [0.25, 0.3) is 5.52 Å². The molecule has 2 aromatic heterocycles. The van der Waals surface area contributed by atoms with Gasteiger partial charge in [0.15, 0.2) is 0 Å². The number of nitrogens with zero attached hydrogens (tertiary/aromatic N) is 2. The molecule has 4 nitrogen and oxygen atoms in total. The molecule has 3 rings (SSSR count). The van der Waals surface area contributed by atoms with Crippen molar-refractivity contribution in [3.05, 3.63) is 30.4 Å². The maximum absolute atomic E-state index is 9.33. The van der Waals surface area contributed by atoms with Crippen molar-refractivity contribution in [2.75, 3.05) is 13.1 Å². The summed E-state index contributed by atoms with van der Waals surface area (Å²) in [5, 5.41) is 12.6. The minimum atomic E-state index is 0.291. The SMILES string of the molecule is Oc1ccn2c(CC3CNC3)ncc2c1. The fourth-order valence-electron chi connectivity index (χ4n) is 1.95. The first-order chi connectivity index (χ1) is 7.33. The molecule has 15 heavy (non-hydrogen) atoms. The standard InChI is InChI=1S/C11H13N3O/c15-10-1-2-14-9(4-10)7-13-11(14)3-8-5-12-6-8/h1-2,4,7-8,12,15H,3,5-6H2. The van der Waals surface area contributed by atoms with E-state index in [1.165, 1.54) is 0 Å². The zero-order chi connectivity index (χ0) is 10.3. The monoisotopic (exact) mass is 203 g/mol. The molecule has 3 heterocycles. The lowest BCUT2D eigenvalue weighted by Crippen LogP contribution is -2.43. The van der Waals surface area contributed by atoms with E-state index < -0.39 is 0 Å². The van der Waals surface area contributed by atoms with Crippen LogP contribution in [0.3, 0.4) is 0 Å². The van der Waals surface area contributed by atoms with Gasteiger partial charge in [-0.3, -0.25) is 0 Å². The second-order valence-electron chi connectivity index (χ2n) is 4.08. The van der Waals surface area contributed by atoms with E-state index in [-0.39, 0.29) is 0 Å². The van der Waals surface area contributed by atoms with E-state index in [1.807, 2.05) is 10.6 Å². The second kappa shape index (κ2) is 3.24. The van der Waals surface area contributed by atoms with Gasteiger partial charge >= 0.3 is 0 Å². The van der Waals surface area contributed by atoms with Crippen LogP contribution < -0.4 is 5.32 Å². The van der Waals surface area contributed by atoms with Crippen LogP contribution in [0.15, 0.2) is 24.5 Å².